The standard InChI is InChI=1S/C19H21N5O3S/c1-22-11-14(18(26)23(2)19(22)27)24-9-7-12(8-10-24)20-16(25)17-21-13-5-3-4-6-15(13)28-17/h3-6,11-12H,7-10H2,1-2H3,(H,20,25). The summed E-state index contributed by atoms with van der Waals surface area (Å²) in [5.74, 6) is -0.155. The molecule has 1 N–H and O–H groups in total. The van der Waals surface area contributed by atoms with Crippen LogP contribution in [0.15, 0.2) is 40.1 Å². The van der Waals surface area contributed by atoms with Gasteiger partial charge in [-0.2, -0.15) is 0 Å². The zero-order chi connectivity index (χ0) is 19.8. The predicted octanol–water partition coefficient (Wildman–Crippen LogP) is 1.09. The van der Waals surface area contributed by atoms with E-state index < -0.39 is 0 Å². The van der Waals surface area contributed by atoms with Crippen LogP contribution < -0.4 is 21.5 Å². The first-order valence-corrected chi connectivity index (χ1v) is 9.94. The van der Waals surface area contributed by atoms with Crippen molar-refractivity contribution in [3.05, 3.63) is 56.3 Å². The number of nitrogens with zero attached hydrogens (tertiary/aromatic N) is 4. The zero-order valence-electron chi connectivity index (χ0n) is 15.7. The number of nitrogens with one attached hydrogen (secondary N) is 1. The van der Waals surface area contributed by atoms with Gasteiger partial charge in [-0.15, -0.1) is 11.3 Å². The molecule has 28 heavy (non-hydrogen) atoms. The van der Waals surface area contributed by atoms with Crippen molar-refractivity contribution in [1.29, 1.82) is 0 Å². The molecule has 1 aliphatic heterocycles. The smallest absolute Gasteiger partial charge is 0.330 e. The van der Waals surface area contributed by atoms with Gasteiger partial charge in [-0.05, 0) is 25.0 Å². The molecule has 1 saturated heterocycles. The summed E-state index contributed by atoms with van der Waals surface area (Å²) in [5.41, 5.74) is 0.713. The number of aryl methyl sites for hydroxylation is 1. The molecule has 0 radical (unpaired) electrons. The van der Waals surface area contributed by atoms with Crippen LogP contribution in [0.5, 0.6) is 0 Å². The molecular weight excluding hydrogens is 378 g/mol. The fraction of sp³-hybridized carbons (Fsp3) is 0.368. The molecule has 1 aromatic carbocycles. The van der Waals surface area contributed by atoms with E-state index >= 15 is 0 Å². The van der Waals surface area contributed by atoms with Crippen molar-refractivity contribution >= 4 is 33.1 Å². The Labute approximate surface area is 165 Å². The number of piperidine rings is 1. The van der Waals surface area contributed by atoms with Crippen LogP contribution in [0.25, 0.3) is 10.2 Å². The van der Waals surface area contributed by atoms with Gasteiger partial charge in [0.2, 0.25) is 0 Å². The van der Waals surface area contributed by atoms with Crippen molar-refractivity contribution in [2.75, 3.05) is 18.0 Å². The number of carbonyl (C=O) groups excluding carboxylic acids is 1. The maximum absolute atomic E-state index is 12.5. The van der Waals surface area contributed by atoms with Crippen LogP contribution in [0.2, 0.25) is 0 Å². The number of thiazole rings is 1. The molecule has 3 aromatic rings. The Balaban J connectivity index is 1.42. The Hall–Kier alpha value is -2.94. The van der Waals surface area contributed by atoms with Crippen molar-refractivity contribution in [3.63, 3.8) is 0 Å². The zero-order valence-corrected chi connectivity index (χ0v) is 16.5. The fourth-order valence-corrected chi connectivity index (χ4v) is 4.36. The number of fused-ring (bicyclic) bond motifs is 1. The van der Waals surface area contributed by atoms with Crippen LogP contribution in [-0.4, -0.2) is 39.2 Å². The maximum atomic E-state index is 12.5. The summed E-state index contributed by atoms with van der Waals surface area (Å²) in [5, 5.41) is 3.53. The van der Waals surface area contributed by atoms with Crippen molar-refractivity contribution in [2.45, 2.75) is 18.9 Å². The summed E-state index contributed by atoms with van der Waals surface area (Å²) in [6.07, 6.45) is 3.04. The van der Waals surface area contributed by atoms with Gasteiger partial charge in [0, 0.05) is 39.4 Å². The second-order valence-electron chi connectivity index (χ2n) is 6.99. The molecule has 0 aliphatic carbocycles. The second kappa shape index (κ2) is 7.23. The van der Waals surface area contributed by atoms with Gasteiger partial charge in [-0.1, -0.05) is 12.1 Å². The minimum Gasteiger partial charge on any atom is -0.366 e. The molecule has 1 fully saturated rings. The van der Waals surface area contributed by atoms with Gasteiger partial charge in [0.25, 0.3) is 11.5 Å². The molecule has 146 valence electrons. The van der Waals surface area contributed by atoms with Crippen molar-refractivity contribution in [3.8, 4) is 0 Å². The van der Waals surface area contributed by atoms with Gasteiger partial charge in [0.1, 0.15) is 5.69 Å². The molecule has 1 aliphatic rings. The summed E-state index contributed by atoms with van der Waals surface area (Å²) in [6.45, 7) is 1.27. The third kappa shape index (κ3) is 3.33. The highest BCUT2D eigenvalue weighted by atomic mass is 32.1. The van der Waals surface area contributed by atoms with Gasteiger partial charge in [0.05, 0.1) is 10.2 Å². The Morgan fingerprint density at radius 1 is 1.18 bits per heavy atom. The van der Waals surface area contributed by atoms with Crippen LogP contribution in [0, 0.1) is 0 Å². The molecule has 0 bridgehead atoms. The first-order valence-electron chi connectivity index (χ1n) is 9.12. The number of aromatic nitrogens is 3. The maximum Gasteiger partial charge on any atom is 0.330 e. The van der Waals surface area contributed by atoms with Crippen LogP contribution in [0.4, 0.5) is 5.69 Å². The normalized spacial score (nSPS) is 15.1. The van der Waals surface area contributed by atoms with Crippen LogP contribution in [-0.2, 0) is 14.1 Å². The number of benzene rings is 1. The number of anilines is 1. The van der Waals surface area contributed by atoms with Crippen molar-refractivity contribution in [1.82, 2.24) is 19.4 Å². The summed E-state index contributed by atoms with van der Waals surface area (Å²) in [7, 11) is 3.12. The first kappa shape index (κ1) is 18.4. The molecule has 2 aromatic heterocycles. The molecule has 8 nitrogen and oxygen atoms in total. The molecule has 3 heterocycles. The number of amides is 1. The lowest BCUT2D eigenvalue weighted by atomic mass is 10.0. The van der Waals surface area contributed by atoms with Crippen LogP contribution in [0.1, 0.15) is 22.6 Å². The van der Waals surface area contributed by atoms with E-state index in [1.165, 1.54) is 23.0 Å². The van der Waals surface area contributed by atoms with Gasteiger partial charge in [-0.25, -0.2) is 9.78 Å². The van der Waals surface area contributed by atoms with Gasteiger partial charge in [-0.3, -0.25) is 14.2 Å². The minimum absolute atomic E-state index is 0.0344. The molecule has 4 rings (SSSR count). The number of carbonyl (C=O) groups is 1. The summed E-state index contributed by atoms with van der Waals surface area (Å²) < 4.78 is 3.53. The Morgan fingerprint density at radius 2 is 1.89 bits per heavy atom. The third-order valence-corrected chi connectivity index (χ3v) is 6.12. The highest BCUT2D eigenvalue weighted by Crippen LogP contribution is 2.22. The second-order valence-corrected chi connectivity index (χ2v) is 8.02. The Kier molecular flexibility index (Phi) is 4.76. The predicted molar refractivity (Wildman–Crippen MR) is 109 cm³/mol. The molecule has 9 heteroatoms. The summed E-state index contributed by atoms with van der Waals surface area (Å²) in [6, 6.07) is 7.72. The van der Waals surface area contributed by atoms with E-state index in [1.807, 2.05) is 29.2 Å². The average Bonchev–Trinajstić information content (AvgIpc) is 3.14. The monoisotopic (exact) mass is 399 g/mol. The topological polar surface area (TPSA) is 89.2 Å². The van der Waals surface area contributed by atoms with E-state index in [0.717, 1.165) is 27.6 Å². The Bertz CT molecular complexity index is 1120. The fourth-order valence-electron chi connectivity index (χ4n) is 3.49. The molecule has 0 spiro atoms. The molecule has 0 atom stereocenters. The average molecular weight is 399 g/mol. The Morgan fingerprint density at radius 3 is 2.61 bits per heavy atom. The van der Waals surface area contributed by atoms with E-state index in [2.05, 4.69) is 10.3 Å². The minimum atomic E-state index is -0.341. The molecular formula is C19H21N5O3S. The van der Waals surface area contributed by atoms with Gasteiger partial charge >= 0.3 is 5.69 Å². The highest BCUT2D eigenvalue weighted by molar-refractivity contribution is 7.20. The molecule has 1 amide bonds. The van der Waals surface area contributed by atoms with Crippen LogP contribution in [0.3, 0.4) is 0 Å². The largest absolute Gasteiger partial charge is 0.366 e. The summed E-state index contributed by atoms with van der Waals surface area (Å²) >= 11 is 1.39. The van der Waals surface area contributed by atoms with Crippen molar-refractivity contribution < 1.29 is 4.79 Å². The van der Waals surface area contributed by atoms with Gasteiger partial charge < -0.3 is 14.8 Å². The third-order valence-electron chi connectivity index (χ3n) is 5.09. The number of para-hydroxylation sites is 1. The lowest BCUT2D eigenvalue weighted by Gasteiger charge is -2.33. The number of rotatable bonds is 3. The van der Waals surface area contributed by atoms with E-state index in [9.17, 15) is 14.4 Å². The number of hydrogen-bond acceptors (Lipinski definition) is 6. The lowest BCUT2D eigenvalue weighted by Crippen LogP contribution is -2.47. The van der Waals surface area contributed by atoms with E-state index in [1.54, 1.807) is 13.2 Å². The van der Waals surface area contributed by atoms with Gasteiger partial charge in [0.15, 0.2) is 5.01 Å². The SMILES string of the molecule is Cn1cc(N2CCC(NC(=O)c3nc4ccccc4s3)CC2)c(=O)n(C)c1=O. The summed E-state index contributed by atoms with van der Waals surface area (Å²) in [4.78, 5) is 43.2. The molecule has 0 saturated carbocycles. The molecule has 0 unspecified atom stereocenters. The van der Waals surface area contributed by atoms with E-state index in [0.29, 0.717) is 23.8 Å². The van der Waals surface area contributed by atoms with Crippen molar-refractivity contribution in [2.24, 2.45) is 14.1 Å². The van der Waals surface area contributed by atoms with Crippen LogP contribution >= 0.6 is 11.3 Å². The van der Waals surface area contributed by atoms with E-state index in [-0.39, 0.29) is 23.2 Å². The highest BCUT2D eigenvalue weighted by Gasteiger charge is 2.24. The lowest BCUT2D eigenvalue weighted by molar-refractivity contribution is 0.0931. The number of hydrogen-bond donors (Lipinski definition) is 1. The first-order chi connectivity index (χ1) is 13.4. The quantitative estimate of drug-likeness (QED) is 0.712. The van der Waals surface area contributed by atoms with E-state index in [4.69, 9.17) is 0 Å².